The van der Waals surface area contributed by atoms with Crippen molar-refractivity contribution in [2.24, 2.45) is 0 Å². The number of fused-ring (bicyclic) bond motifs is 1. The lowest BCUT2D eigenvalue weighted by molar-refractivity contribution is 0.630. The van der Waals surface area contributed by atoms with Crippen molar-refractivity contribution in [3.8, 4) is 17.2 Å². The molecule has 3 nitrogen and oxygen atoms in total. The van der Waals surface area contributed by atoms with Crippen molar-refractivity contribution in [2.75, 3.05) is 5.73 Å². The molecule has 21 heavy (non-hydrogen) atoms. The van der Waals surface area contributed by atoms with Crippen LogP contribution in [0, 0.1) is 31.0 Å². The van der Waals surface area contributed by atoms with Crippen LogP contribution in [0.2, 0.25) is 0 Å². The van der Waals surface area contributed by atoms with Gasteiger partial charge in [0.05, 0.1) is 0 Å². The molecule has 0 saturated heterocycles. The molecular formula is C17H14FN3. The number of nitriles is 1. The largest absolute Gasteiger partial charge is 0.384 e. The van der Waals surface area contributed by atoms with Gasteiger partial charge in [-0.1, -0.05) is 18.2 Å². The van der Waals surface area contributed by atoms with E-state index in [2.05, 4.69) is 11.1 Å². The van der Waals surface area contributed by atoms with Crippen molar-refractivity contribution in [1.29, 1.82) is 5.26 Å². The number of rotatable bonds is 1. The van der Waals surface area contributed by atoms with Crippen LogP contribution < -0.4 is 5.73 Å². The summed E-state index contributed by atoms with van der Waals surface area (Å²) >= 11 is 0. The van der Waals surface area contributed by atoms with Gasteiger partial charge in [-0.25, -0.2) is 4.39 Å². The molecule has 1 aromatic heterocycles. The van der Waals surface area contributed by atoms with Gasteiger partial charge in [0.1, 0.15) is 23.3 Å². The van der Waals surface area contributed by atoms with Gasteiger partial charge < -0.3 is 10.7 Å². The molecule has 0 bridgehead atoms. The van der Waals surface area contributed by atoms with Crippen LogP contribution in [0.4, 0.5) is 10.2 Å². The highest BCUT2D eigenvalue weighted by Gasteiger charge is 2.15. The van der Waals surface area contributed by atoms with E-state index in [4.69, 9.17) is 5.73 Å². The molecule has 0 spiro atoms. The molecular weight excluding hydrogens is 265 g/mol. The van der Waals surface area contributed by atoms with Gasteiger partial charge in [-0.15, -0.1) is 0 Å². The molecule has 3 rings (SSSR count). The number of nitrogens with one attached hydrogen (secondary N) is 1. The zero-order chi connectivity index (χ0) is 15.1. The van der Waals surface area contributed by atoms with E-state index in [-0.39, 0.29) is 5.82 Å². The second kappa shape index (κ2) is 4.64. The summed E-state index contributed by atoms with van der Waals surface area (Å²) < 4.78 is 14.1. The second-order valence-corrected chi connectivity index (χ2v) is 5.17. The lowest BCUT2D eigenvalue weighted by atomic mass is 9.96. The van der Waals surface area contributed by atoms with Crippen molar-refractivity contribution in [3.05, 3.63) is 52.8 Å². The first-order chi connectivity index (χ1) is 10.0. The maximum absolute atomic E-state index is 14.1. The molecule has 0 aliphatic carbocycles. The van der Waals surface area contributed by atoms with Crippen LogP contribution in [0.15, 0.2) is 30.3 Å². The Kier molecular flexibility index (Phi) is 2.91. The van der Waals surface area contributed by atoms with Crippen LogP contribution in [-0.4, -0.2) is 4.98 Å². The fraction of sp³-hybridized carbons (Fsp3) is 0.118. The van der Waals surface area contributed by atoms with Crippen molar-refractivity contribution in [1.82, 2.24) is 4.98 Å². The number of nitrogens with two attached hydrogens (primary N) is 1. The third-order valence-corrected chi connectivity index (χ3v) is 3.75. The Labute approximate surface area is 121 Å². The van der Waals surface area contributed by atoms with Crippen molar-refractivity contribution in [2.45, 2.75) is 13.8 Å². The fourth-order valence-electron chi connectivity index (χ4n) is 2.82. The maximum Gasteiger partial charge on any atom is 0.131 e. The number of nitrogens with zero attached hydrogens (tertiary/aromatic N) is 1. The minimum atomic E-state index is -0.256. The predicted molar refractivity (Wildman–Crippen MR) is 82.3 cm³/mol. The number of aryl methyl sites for hydroxylation is 2. The van der Waals surface area contributed by atoms with Crippen LogP contribution >= 0.6 is 0 Å². The highest BCUT2D eigenvalue weighted by molar-refractivity contribution is 5.96. The number of hydrogen-bond acceptors (Lipinski definition) is 2. The summed E-state index contributed by atoms with van der Waals surface area (Å²) in [4.78, 5) is 3.00. The Hall–Kier alpha value is -2.80. The molecule has 0 amide bonds. The van der Waals surface area contributed by atoms with Crippen molar-refractivity contribution in [3.63, 3.8) is 0 Å². The molecule has 0 fully saturated rings. The number of aromatic nitrogens is 1. The molecule has 0 saturated carbocycles. The summed E-state index contributed by atoms with van der Waals surface area (Å²) in [7, 11) is 0. The molecule has 0 unspecified atom stereocenters. The van der Waals surface area contributed by atoms with Crippen LogP contribution in [0.5, 0.6) is 0 Å². The van der Waals surface area contributed by atoms with E-state index in [1.165, 1.54) is 6.07 Å². The van der Waals surface area contributed by atoms with Gasteiger partial charge >= 0.3 is 0 Å². The Bertz CT molecular complexity index is 880. The molecule has 104 valence electrons. The first-order valence-corrected chi connectivity index (χ1v) is 6.60. The average molecular weight is 279 g/mol. The van der Waals surface area contributed by atoms with E-state index in [0.717, 1.165) is 27.6 Å². The van der Waals surface area contributed by atoms with Crippen molar-refractivity contribution < 1.29 is 4.39 Å². The number of nitrogen functional groups attached to an aromatic ring is 1. The van der Waals surface area contributed by atoms with E-state index in [1.807, 2.05) is 32.0 Å². The first-order valence-electron chi connectivity index (χ1n) is 6.60. The van der Waals surface area contributed by atoms with Gasteiger partial charge in [0.15, 0.2) is 0 Å². The van der Waals surface area contributed by atoms with Crippen molar-refractivity contribution >= 4 is 16.7 Å². The summed E-state index contributed by atoms with van der Waals surface area (Å²) in [5.74, 6) is 0.0896. The van der Waals surface area contributed by atoms with Crippen LogP contribution in [0.25, 0.3) is 22.0 Å². The zero-order valence-electron chi connectivity index (χ0n) is 11.8. The van der Waals surface area contributed by atoms with E-state index in [9.17, 15) is 9.65 Å². The summed E-state index contributed by atoms with van der Waals surface area (Å²) in [6.07, 6.45) is 0. The van der Waals surface area contributed by atoms with Gasteiger partial charge in [-0.05, 0) is 42.7 Å². The fourth-order valence-corrected chi connectivity index (χ4v) is 2.82. The van der Waals surface area contributed by atoms with Gasteiger partial charge in [-0.2, -0.15) is 5.26 Å². The Morgan fingerprint density at radius 1 is 1.19 bits per heavy atom. The summed E-state index contributed by atoms with van der Waals surface area (Å²) in [6.45, 7) is 3.78. The topological polar surface area (TPSA) is 65.6 Å². The third kappa shape index (κ3) is 1.95. The standard InChI is InChI=1S/C17H14FN3/c1-9-4-3-5-13(18)15(9)11-6-10(2)16-12(8-19)17(20)21-14(16)7-11/h3-7,21H,20H2,1-2H3. The number of anilines is 1. The van der Waals surface area contributed by atoms with E-state index in [1.54, 1.807) is 6.07 Å². The number of halogens is 1. The predicted octanol–water partition coefficient (Wildman–Crippen LogP) is 4.04. The monoisotopic (exact) mass is 279 g/mol. The molecule has 3 aromatic rings. The quantitative estimate of drug-likeness (QED) is 0.706. The third-order valence-electron chi connectivity index (χ3n) is 3.75. The lowest BCUT2D eigenvalue weighted by Gasteiger charge is -2.09. The summed E-state index contributed by atoms with van der Waals surface area (Å²) in [6, 6.07) is 10.9. The highest BCUT2D eigenvalue weighted by atomic mass is 19.1. The average Bonchev–Trinajstić information content (AvgIpc) is 2.74. The lowest BCUT2D eigenvalue weighted by Crippen LogP contribution is -1.90. The Morgan fingerprint density at radius 2 is 1.95 bits per heavy atom. The molecule has 0 atom stereocenters. The minimum Gasteiger partial charge on any atom is -0.384 e. The van der Waals surface area contributed by atoms with Gasteiger partial charge in [0.25, 0.3) is 0 Å². The number of hydrogen-bond donors (Lipinski definition) is 2. The molecule has 1 heterocycles. The Morgan fingerprint density at radius 3 is 2.62 bits per heavy atom. The molecule has 0 radical (unpaired) electrons. The number of aromatic amines is 1. The van der Waals surface area contributed by atoms with Crippen LogP contribution in [-0.2, 0) is 0 Å². The number of benzene rings is 2. The molecule has 3 N–H and O–H groups in total. The SMILES string of the molecule is Cc1cccc(F)c1-c1cc(C)c2c(C#N)c(N)[nH]c2c1. The smallest absolute Gasteiger partial charge is 0.131 e. The summed E-state index contributed by atoms with van der Waals surface area (Å²) in [5.41, 5.74) is 10.1. The summed E-state index contributed by atoms with van der Waals surface area (Å²) in [5, 5.41) is 9.99. The van der Waals surface area contributed by atoms with E-state index < -0.39 is 0 Å². The van der Waals surface area contributed by atoms with Crippen LogP contribution in [0.3, 0.4) is 0 Å². The van der Waals surface area contributed by atoms with Gasteiger partial charge in [0, 0.05) is 16.5 Å². The Balaban J connectivity index is 2.35. The first kappa shape index (κ1) is 13.2. The molecule has 2 aromatic carbocycles. The highest BCUT2D eigenvalue weighted by Crippen LogP contribution is 2.34. The normalized spacial score (nSPS) is 10.8. The zero-order valence-corrected chi connectivity index (χ0v) is 11.8. The van der Waals surface area contributed by atoms with E-state index in [0.29, 0.717) is 16.9 Å². The molecule has 4 heteroatoms. The number of H-pyrrole nitrogens is 1. The maximum atomic E-state index is 14.1. The van der Waals surface area contributed by atoms with Gasteiger partial charge in [-0.3, -0.25) is 0 Å². The van der Waals surface area contributed by atoms with Gasteiger partial charge in [0.2, 0.25) is 0 Å². The second-order valence-electron chi connectivity index (χ2n) is 5.17. The van der Waals surface area contributed by atoms with Crippen LogP contribution in [0.1, 0.15) is 16.7 Å². The van der Waals surface area contributed by atoms with E-state index >= 15 is 0 Å². The molecule has 0 aliphatic rings. The minimum absolute atomic E-state index is 0.256. The molecule has 0 aliphatic heterocycles.